The lowest BCUT2D eigenvalue weighted by molar-refractivity contribution is -0.116. The average Bonchev–Trinajstić information content (AvgIpc) is 3.04. The lowest BCUT2D eigenvalue weighted by Gasteiger charge is -2.15. The van der Waals surface area contributed by atoms with E-state index in [1.54, 1.807) is 29.8 Å². The molecule has 23 heavy (non-hydrogen) atoms. The Balaban J connectivity index is 1.83. The Hall–Kier alpha value is -1.77. The highest BCUT2D eigenvalue weighted by atomic mass is 32.2. The van der Waals surface area contributed by atoms with Gasteiger partial charge in [0.05, 0.1) is 0 Å². The SMILES string of the molecule is Cc1cccnc1NC(=O)CCCN(C)S(=O)(=O)c1cccs1. The van der Waals surface area contributed by atoms with Gasteiger partial charge in [-0.05, 0) is 36.4 Å². The first-order valence-corrected chi connectivity index (χ1v) is 9.44. The average molecular weight is 353 g/mol. The van der Waals surface area contributed by atoms with Gasteiger partial charge in [0.25, 0.3) is 10.0 Å². The number of aryl methyl sites for hydroxylation is 1. The summed E-state index contributed by atoms with van der Waals surface area (Å²) in [5.41, 5.74) is 0.887. The van der Waals surface area contributed by atoms with E-state index in [2.05, 4.69) is 10.3 Å². The van der Waals surface area contributed by atoms with E-state index >= 15 is 0 Å². The van der Waals surface area contributed by atoms with Crippen LogP contribution >= 0.6 is 11.3 Å². The lowest BCUT2D eigenvalue weighted by atomic mass is 10.2. The molecule has 2 aromatic heterocycles. The highest BCUT2D eigenvalue weighted by Gasteiger charge is 2.21. The molecule has 0 bridgehead atoms. The molecule has 0 unspecified atom stereocenters. The quantitative estimate of drug-likeness (QED) is 0.829. The van der Waals surface area contributed by atoms with Crippen molar-refractivity contribution in [2.75, 3.05) is 18.9 Å². The molecule has 124 valence electrons. The third-order valence-corrected chi connectivity index (χ3v) is 6.53. The van der Waals surface area contributed by atoms with Gasteiger partial charge in [-0.2, -0.15) is 0 Å². The number of hydrogen-bond donors (Lipinski definition) is 1. The maximum atomic E-state index is 12.2. The van der Waals surface area contributed by atoms with Crippen LogP contribution < -0.4 is 5.32 Å². The summed E-state index contributed by atoms with van der Waals surface area (Å²) in [6, 6.07) is 6.94. The predicted molar refractivity (Wildman–Crippen MR) is 91.0 cm³/mol. The van der Waals surface area contributed by atoms with E-state index in [4.69, 9.17) is 0 Å². The normalized spacial score (nSPS) is 11.6. The molecule has 0 saturated carbocycles. The second kappa shape index (κ2) is 7.67. The molecule has 0 aliphatic rings. The molecule has 2 aromatic rings. The molecule has 2 heterocycles. The van der Waals surface area contributed by atoms with Crippen molar-refractivity contribution in [3.8, 4) is 0 Å². The first-order chi connectivity index (χ1) is 10.9. The Labute approximate surface area is 140 Å². The van der Waals surface area contributed by atoms with Crippen LogP contribution in [0.4, 0.5) is 5.82 Å². The fraction of sp³-hybridized carbons (Fsp3) is 0.333. The van der Waals surface area contributed by atoms with Gasteiger partial charge in [-0.25, -0.2) is 17.7 Å². The number of nitrogens with one attached hydrogen (secondary N) is 1. The highest BCUT2D eigenvalue weighted by Crippen LogP contribution is 2.20. The Bertz CT molecular complexity index is 758. The smallest absolute Gasteiger partial charge is 0.252 e. The number of nitrogens with zero attached hydrogens (tertiary/aromatic N) is 2. The second-order valence-corrected chi connectivity index (χ2v) is 8.30. The largest absolute Gasteiger partial charge is 0.310 e. The van der Waals surface area contributed by atoms with Gasteiger partial charge in [0, 0.05) is 26.2 Å². The maximum Gasteiger partial charge on any atom is 0.252 e. The van der Waals surface area contributed by atoms with Crippen LogP contribution in [0.5, 0.6) is 0 Å². The standard InChI is InChI=1S/C15H19N3O3S2/c1-12-6-3-9-16-15(12)17-13(19)7-4-10-18(2)23(20,21)14-8-5-11-22-14/h3,5-6,8-9,11H,4,7,10H2,1-2H3,(H,16,17,19). The molecule has 1 N–H and O–H groups in total. The summed E-state index contributed by atoms with van der Waals surface area (Å²) in [5.74, 6) is 0.366. The van der Waals surface area contributed by atoms with Gasteiger partial charge in [-0.15, -0.1) is 11.3 Å². The number of carbonyl (C=O) groups is 1. The molecule has 2 rings (SSSR count). The summed E-state index contributed by atoms with van der Waals surface area (Å²) in [6.07, 6.45) is 2.29. The van der Waals surface area contributed by atoms with Gasteiger partial charge in [0.2, 0.25) is 5.91 Å². The van der Waals surface area contributed by atoms with Gasteiger partial charge < -0.3 is 5.32 Å². The number of carbonyl (C=O) groups excluding carboxylic acids is 1. The first-order valence-electron chi connectivity index (χ1n) is 7.12. The van der Waals surface area contributed by atoms with Crippen molar-refractivity contribution in [3.05, 3.63) is 41.4 Å². The van der Waals surface area contributed by atoms with Gasteiger partial charge in [-0.3, -0.25) is 4.79 Å². The zero-order chi connectivity index (χ0) is 16.9. The summed E-state index contributed by atoms with van der Waals surface area (Å²) in [5, 5.41) is 4.46. The monoisotopic (exact) mass is 353 g/mol. The van der Waals surface area contributed by atoms with Crippen molar-refractivity contribution in [3.63, 3.8) is 0 Å². The van der Waals surface area contributed by atoms with Crippen molar-refractivity contribution < 1.29 is 13.2 Å². The lowest BCUT2D eigenvalue weighted by Crippen LogP contribution is -2.28. The molecule has 0 radical (unpaired) electrons. The minimum atomic E-state index is -3.45. The Morgan fingerprint density at radius 2 is 2.13 bits per heavy atom. The third-order valence-electron chi connectivity index (χ3n) is 3.30. The van der Waals surface area contributed by atoms with Gasteiger partial charge in [0.15, 0.2) is 0 Å². The van der Waals surface area contributed by atoms with Crippen LogP contribution in [0, 0.1) is 6.92 Å². The molecule has 0 fully saturated rings. The fourth-order valence-corrected chi connectivity index (χ4v) is 4.37. The summed E-state index contributed by atoms with van der Waals surface area (Å²) in [4.78, 5) is 16.0. The molecule has 0 atom stereocenters. The van der Waals surface area contributed by atoms with E-state index in [-0.39, 0.29) is 18.9 Å². The van der Waals surface area contributed by atoms with E-state index in [9.17, 15) is 13.2 Å². The zero-order valence-electron chi connectivity index (χ0n) is 13.0. The topological polar surface area (TPSA) is 79.4 Å². The van der Waals surface area contributed by atoms with E-state index in [0.717, 1.165) is 5.56 Å². The molecular weight excluding hydrogens is 334 g/mol. The minimum Gasteiger partial charge on any atom is -0.310 e. The molecular formula is C15H19N3O3S2. The van der Waals surface area contributed by atoms with Gasteiger partial charge >= 0.3 is 0 Å². The molecule has 0 saturated heterocycles. The summed E-state index contributed by atoms with van der Waals surface area (Å²) in [7, 11) is -1.93. The number of hydrogen-bond acceptors (Lipinski definition) is 5. The zero-order valence-corrected chi connectivity index (χ0v) is 14.7. The molecule has 8 heteroatoms. The van der Waals surface area contributed by atoms with Crippen LogP contribution in [0.2, 0.25) is 0 Å². The van der Waals surface area contributed by atoms with Crippen molar-refractivity contribution >= 4 is 33.1 Å². The van der Waals surface area contributed by atoms with Crippen molar-refractivity contribution in [1.29, 1.82) is 0 Å². The minimum absolute atomic E-state index is 0.172. The Kier molecular flexibility index (Phi) is 5.86. The van der Waals surface area contributed by atoms with Crippen LogP contribution in [0.1, 0.15) is 18.4 Å². The van der Waals surface area contributed by atoms with Crippen LogP contribution in [0.3, 0.4) is 0 Å². The molecule has 0 spiro atoms. The number of rotatable bonds is 7. The number of thiophene rings is 1. The molecule has 0 aliphatic carbocycles. The summed E-state index contributed by atoms with van der Waals surface area (Å²) in [6.45, 7) is 2.15. The van der Waals surface area contributed by atoms with Crippen molar-refractivity contribution in [2.24, 2.45) is 0 Å². The van der Waals surface area contributed by atoms with E-state index in [1.165, 1.54) is 22.7 Å². The summed E-state index contributed by atoms with van der Waals surface area (Å²) < 4.78 is 26.1. The summed E-state index contributed by atoms with van der Waals surface area (Å²) >= 11 is 1.18. The fourth-order valence-electron chi connectivity index (χ4n) is 1.96. The number of aromatic nitrogens is 1. The number of anilines is 1. The number of pyridine rings is 1. The predicted octanol–water partition coefficient (Wildman–Crippen LogP) is 2.49. The maximum absolute atomic E-state index is 12.2. The Morgan fingerprint density at radius 1 is 1.35 bits per heavy atom. The van der Waals surface area contributed by atoms with Crippen LogP contribution in [0.15, 0.2) is 40.1 Å². The van der Waals surface area contributed by atoms with Crippen LogP contribution in [-0.2, 0) is 14.8 Å². The number of amides is 1. The van der Waals surface area contributed by atoms with Gasteiger partial charge in [0.1, 0.15) is 10.0 Å². The van der Waals surface area contributed by atoms with Crippen LogP contribution in [-0.4, -0.2) is 37.2 Å². The van der Waals surface area contributed by atoms with E-state index in [0.29, 0.717) is 16.4 Å². The van der Waals surface area contributed by atoms with E-state index in [1.807, 2.05) is 13.0 Å². The highest BCUT2D eigenvalue weighted by molar-refractivity contribution is 7.91. The number of sulfonamides is 1. The van der Waals surface area contributed by atoms with Gasteiger partial charge in [-0.1, -0.05) is 12.1 Å². The van der Waals surface area contributed by atoms with Crippen molar-refractivity contribution in [1.82, 2.24) is 9.29 Å². The Morgan fingerprint density at radius 3 is 2.78 bits per heavy atom. The third kappa shape index (κ3) is 4.60. The second-order valence-electron chi connectivity index (χ2n) is 5.08. The molecule has 0 aliphatic heterocycles. The van der Waals surface area contributed by atoms with Crippen molar-refractivity contribution in [2.45, 2.75) is 24.0 Å². The van der Waals surface area contributed by atoms with E-state index < -0.39 is 10.0 Å². The molecule has 6 nitrogen and oxygen atoms in total. The molecule has 1 amide bonds. The first kappa shape index (κ1) is 17.6. The van der Waals surface area contributed by atoms with Crippen LogP contribution in [0.25, 0.3) is 0 Å². The molecule has 0 aromatic carbocycles.